The van der Waals surface area contributed by atoms with Gasteiger partial charge in [0.25, 0.3) is 0 Å². The molecular weight excluding hydrogens is 717 g/mol. The summed E-state index contributed by atoms with van der Waals surface area (Å²) in [5.41, 5.74) is 8.18. The third-order valence-corrected chi connectivity index (χ3v) is 11.3. The molecule has 0 bridgehead atoms. The number of halogens is 6. The summed E-state index contributed by atoms with van der Waals surface area (Å²) >= 11 is 3.30. The number of pyridine rings is 1. The van der Waals surface area contributed by atoms with Gasteiger partial charge in [-0.15, -0.1) is 22.7 Å². The van der Waals surface area contributed by atoms with Crippen molar-refractivity contribution in [3.8, 4) is 20.2 Å². The first-order chi connectivity index (χ1) is 24.6. The highest BCUT2D eigenvalue weighted by Gasteiger charge is 2.33. The highest BCUT2D eigenvalue weighted by Crippen LogP contribution is 2.44. The van der Waals surface area contributed by atoms with Gasteiger partial charge >= 0.3 is 12.4 Å². The minimum atomic E-state index is -4.90. The molecule has 0 saturated heterocycles. The Labute approximate surface area is 311 Å². The fourth-order valence-electron chi connectivity index (χ4n) is 5.74. The molecule has 3 heterocycles. The molecule has 0 aromatic carbocycles. The molecule has 13 heteroatoms. The molecule has 0 amide bonds. The monoisotopic (exact) mass is 767 g/mol. The Balaban J connectivity index is 2.22. The third-order valence-electron chi connectivity index (χ3n) is 8.66. The molecule has 0 fully saturated rings. The van der Waals surface area contributed by atoms with E-state index in [-0.39, 0.29) is 11.4 Å². The number of aromatic nitrogens is 1. The smallest absolute Gasteiger partial charge is 0.395 e. The van der Waals surface area contributed by atoms with E-state index in [0.717, 1.165) is 85.9 Å². The Morgan fingerprint density at radius 1 is 0.615 bits per heavy atom. The Hall–Kier alpha value is -3.45. The molecule has 52 heavy (non-hydrogen) atoms. The number of nitrogens with two attached hydrogens (primary N) is 2. The van der Waals surface area contributed by atoms with Gasteiger partial charge in [0, 0.05) is 19.5 Å². The second-order valence-electron chi connectivity index (χ2n) is 13.1. The van der Waals surface area contributed by atoms with Crippen LogP contribution in [0.1, 0.15) is 125 Å². The van der Waals surface area contributed by atoms with Crippen molar-refractivity contribution >= 4 is 34.1 Å². The summed E-state index contributed by atoms with van der Waals surface area (Å²) in [5, 5.41) is 16.9. The highest BCUT2D eigenvalue weighted by atomic mass is 32.1. The predicted molar refractivity (Wildman–Crippen MR) is 205 cm³/mol. The van der Waals surface area contributed by atoms with Crippen LogP contribution < -0.4 is 11.5 Å². The highest BCUT2D eigenvalue weighted by molar-refractivity contribution is 7.24. The number of hydrogen-bond acceptors (Lipinski definition) is 7. The molecule has 3 rings (SSSR count). The summed E-state index contributed by atoms with van der Waals surface area (Å²) < 4.78 is 79.8. The van der Waals surface area contributed by atoms with Crippen molar-refractivity contribution in [3.05, 3.63) is 75.2 Å². The van der Waals surface area contributed by atoms with Gasteiger partial charge in [0.2, 0.25) is 0 Å². The normalized spacial score (nSPS) is 12.9. The molecule has 0 unspecified atom stereocenters. The van der Waals surface area contributed by atoms with Crippen LogP contribution in [0.5, 0.6) is 0 Å². The van der Waals surface area contributed by atoms with Gasteiger partial charge in [0.05, 0.1) is 22.8 Å². The summed E-state index contributed by atoms with van der Waals surface area (Å²) in [4.78, 5) is 8.47. The van der Waals surface area contributed by atoms with Crippen LogP contribution in [0.3, 0.4) is 0 Å². The van der Waals surface area contributed by atoms with Gasteiger partial charge in [0.1, 0.15) is 11.4 Å². The third kappa shape index (κ3) is 12.9. The van der Waals surface area contributed by atoms with E-state index in [2.05, 4.69) is 37.9 Å². The van der Waals surface area contributed by atoms with Crippen molar-refractivity contribution in [2.45, 2.75) is 129 Å². The zero-order valence-corrected chi connectivity index (χ0v) is 31.9. The van der Waals surface area contributed by atoms with Crippen LogP contribution in [-0.2, 0) is 19.3 Å². The van der Waals surface area contributed by atoms with Crippen molar-refractivity contribution in [2.24, 2.45) is 11.5 Å². The minimum absolute atomic E-state index is 0.266. The average molecular weight is 768 g/mol. The number of nitrogens with one attached hydrogen (secondary N) is 2. The lowest BCUT2D eigenvalue weighted by Crippen LogP contribution is -2.21. The summed E-state index contributed by atoms with van der Waals surface area (Å²) in [6, 6.07) is 7.38. The standard InChI is InChI=1S/C39H51F6N5S2/c1-4-7-10-13-16-25-19-28(18-15-12-9-6-3)51-37(25)33-22-26(17-14-11-8-5-2)36(52-33)27-20-31(29(46)23-34(48)38(40,41)42)50-32(21-27)30(47)24-35(49)39(43,44)45/h19-24,46-47H,4-18,48-49H2,1-3H3/b34-23-,35-24-,46-29?,47-30?. The van der Waals surface area contributed by atoms with Crippen LogP contribution in [0, 0.1) is 10.8 Å². The number of thiophene rings is 2. The van der Waals surface area contributed by atoms with Crippen molar-refractivity contribution < 1.29 is 26.3 Å². The van der Waals surface area contributed by atoms with E-state index >= 15 is 0 Å². The van der Waals surface area contributed by atoms with Crippen LogP contribution in [-0.4, -0.2) is 28.8 Å². The lowest BCUT2D eigenvalue weighted by Gasteiger charge is -2.12. The largest absolute Gasteiger partial charge is 0.430 e. The first kappa shape index (κ1) is 43.0. The number of nitrogens with zero attached hydrogens (tertiary/aromatic N) is 1. The molecule has 286 valence electrons. The number of allylic oxidation sites excluding steroid dienone is 4. The van der Waals surface area contributed by atoms with E-state index in [1.165, 1.54) is 58.0 Å². The van der Waals surface area contributed by atoms with E-state index < -0.39 is 35.2 Å². The molecule has 0 saturated carbocycles. The van der Waals surface area contributed by atoms with Crippen molar-refractivity contribution in [1.82, 2.24) is 4.98 Å². The van der Waals surface area contributed by atoms with E-state index in [1.807, 2.05) is 0 Å². The Bertz CT molecular complexity index is 1640. The van der Waals surface area contributed by atoms with Crippen molar-refractivity contribution in [1.29, 1.82) is 10.8 Å². The van der Waals surface area contributed by atoms with E-state index in [1.54, 1.807) is 11.3 Å². The quantitative estimate of drug-likeness (QED) is 0.0492. The zero-order chi connectivity index (χ0) is 38.5. The SMILES string of the molecule is CCCCCCc1cc(CCCCCC)c(-c2cc(CCCCCC)c(-c3cc(C(=N)/C=C(\N)C(F)(F)F)nc(C(=N)/C=C(\N)C(F)(F)F)c3)s2)s1. The molecule has 5 nitrogen and oxygen atoms in total. The topological polar surface area (TPSA) is 113 Å². The lowest BCUT2D eigenvalue weighted by atomic mass is 10.0. The van der Waals surface area contributed by atoms with Gasteiger partial charge in [-0.2, -0.15) is 26.3 Å². The number of rotatable bonds is 21. The second-order valence-corrected chi connectivity index (χ2v) is 15.3. The molecule has 0 aliphatic rings. The van der Waals surface area contributed by atoms with E-state index in [0.29, 0.717) is 24.1 Å². The fourth-order valence-corrected chi connectivity index (χ4v) is 8.33. The van der Waals surface area contributed by atoms with Crippen LogP contribution in [0.2, 0.25) is 0 Å². The number of hydrogen-bond donors (Lipinski definition) is 4. The van der Waals surface area contributed by atoms with Gasteiger partial charge in [-0.05, 0) is 91.6 Å². The number of alkyl halides is 6. The molecule has 0 aliphatic carbocycles. The first-order valence-corrected chi connectivity index (χ1v) is 19.8. The fraction of sp³-hybridized carbons (Fsp3) is 0.513. The number of unbranched alkanes of at least 4 members (excludes halogenated alkanes) is 9. The van der Waals surface area contributed by atoms with Crippen molar-refractivity contribution in [2.75, 3.05) is 0 Å². The molecule has 0 atom stereocenters. The average Bonchev–Trinajstić information content (AvgIpc) is 3.70. The Kier molecular flexibility index (Phi) is 16.6. The maximum atomic E-state index is 13.3. The Morgan fingerprint density at radius 3 is 1.50 bits per heavy atom. The predicted octanol–water partition coefficient (Wildman–Crippen LogP) is 12.5. The van der Waals surface area contributed by atoms with Gasteiger partial charge in [-0.3, -0.25) is 10.8 Å². The van der Waals surface area contributed by atoms with Crippen LogP contribution in [0.4, 0.5) is 26.3 Å². The van der Waals surface area contributed by atoms with Crippen LogP contribution in [0.15, 0.2) is 47.8 Å². The van der Waals surface area contributed by atoms with Gasteiger partial charge in [-0.25, -0.2) is 4.98 Å². The molecule has 6 N–H and O–H groups in total. The molecular formula is C39H51F6N5S2. The van der Waals surface area contributed by atoms with Gasteiger partial charge < -0.3 is 11.5 Å². The molecule has 3 aromatic heterocycles. The lowest BCUT2D eigenvalue weighted by molar-refractivity contribution is -0.0933. The molecule has 0 spiro atoms. The minimum Gasteiger partial charge on any atom is -0.395 e. The zero-order valence-electron chi connectivity index (χ0n) is 30.3. The van der Waals surface area contributed by atoms with E-state index in [4.69, 9.17) is 22.3 Å². The molecule has 0 radical (unpaired) electrons. The second kappa shape index (κ2) is 20.1. The maximum Gasteiger partial charge on any atom is 0.430 e. The summed E-state index contributed by atoms with van der Waals surface area (Å²) in [6.45, 7) is 6.49. The number of aryl methyl sites for hydroxylation is 3. The Morgan fingerprint density at radius 2 is 1.06 bits per heavy atom. The summed E-state index contributed by atoms with van der Waals surface area (Å²) in [7, 11) is 0. The van der Waals surface area contributed by atoms with Gasteiger partial charge in [0.15, 0.2) is 0 Å². The van der Waals surface area contributed by atoms with Crippen molar-refractivity contribution in [3.63, 3.8) is 0 Å². The van der Waals surface area contributed by atoms with E-state index in [9.17, 15) is 26.3 Å². The van der Waals surface area contributed by atoms with Crippen LogP contribution >= 0.6 is 22.7 Å². The summed E-state index contributed by atoms with van der Waals surface area (Å²) in [5.74, 6) is 0. The van der Waals surface area contributed by atoms with Gasteiger partial charge in [-0.1, -0.05) is 78.6 Å². The molecule has 3 aromatic rings. The molecule has 0 aliphatic heterocycles. The van der Waals surface area contributed by atoms with Crippen LogP contribution in [0.25, 0.3) is 20.2 Å². The summed E-state index contributed by atoms with van der Waals surface area (Å²) in [6.07, 6.45) is 6.81. The maximum absolute atomic E-state index is 13.3. The first-order valence-electron chi connectivity index (χ1n) is 18.1.